The van der Waals surface area contributed by atoms with Gasteiger partial charge in [-0.25, -0.2) is 4.98 Å². The minimum Gasteiger partial charge on any atom is -0.392 e. The lowest BCUT2D eigenvalue weighted by atomic mass is 9.97. The van der Waals surface area contributed by atoms with Crippen LogP contribution in [0.15, 0.2) is 18.7 Å². The first kappa shape index (κ1) is 8.72. The first-order valence-electron chi connectivity index (χ1n) is 4.69. The van der Waals surface area contributed by atoms with Gasteiger partial charge in [-0.15, -0.1) is 0 Å². The molecule has 0 amide bonds. The van der Waals surface area contributed by atoms with Crippen molar-refractivity contribution in [2.75, 3.05) is 13.1 Å². The molecule has 1 aromatic rings. The van der Waals surface area contributed by atoms with Crippen LogP contribution in [0.1, 0.15) is 6.42 Å². The van der Waals surface area contributed by atoms with Crippen molar-refractivity contribution in [3.63, 3.8) is 0 Å². The average Bonchev–Trinajstić information content (AvgIpc) is 2.57. The summed E-state index contributed by atoms with van der Waals surface area (Å²) in [6.45, 7) is 2.68. The maximum Gasteiger partial charge on any atom is 0.0946 e. The van der Waals surface area contributed by atoms with Crippen molar-refractivity contribution < 1.29 is 5.11 Å². The van der Waals surface area contributed by atoms with Gasteiger partial charge in [0, 0.05) is 25.5 Å². The van der Waals surface area contributed by atoms with Crippen molar-refractivity contribution in [2.24, 2.45) is 5.92 Å². The van der Waals surface area contributed by atoms with Crippen LogP contribution in [-0.2, 0) is 6.54 Å². The van der Waals surface area contributed by atoms with E-state index in [4.69, 9.17) is 0 Å². The number of rotatable bonds is 2. The first-order chi connectivity index (χ1) is 6.34. The molecular weight excluding hydrogens is 166 g/mol. The van der Waals surface area contributed by atoms with Crippen LogP contribution in [0.2, 0.25) is 0 Å². The number of aliphatic hydroxyl groups is 1. The molecule has 4 heteroatoms. The van der Waals surface area contributed by atoms with E-state index in [1.54, 1.807) is 6.20 Å². The summed E-state index contributed by atoms with van der Waals surface area (Å²) in [5.74, 6) is 0.526. The summed E-state index contributed by atoms with van der Waals surface area (Å²) in [7, 11) is 0. The van der Waals surface area contributed by atoms with Gasteiger partial charge in [-0.1, -0.05) is 0 Å². The molecular formula is C9H15N3O. The van der Waals surface area contributed by atoms with Crippen LogP contribution in [0.4, 0.5) is 0 Å². The maximum absolute atomic E-state index is 9.42. The predicted molar refractivity (Wildman–Crippen MR) is 49.2 cm³/mol. The van der Waals surface area contributed by atoms with Gasteiger partial charge in [-0.05, 0) is 18.9 Å². The zero-order valence-electron chi connectivity index (χ0n) is 7.56. The summed E-state index contributed by atoms with van der Waals surface area (Å²) in [5.41, 5.74) is 0. The largest absolute Gasteiger partial charge is 0.392 e. The van der Waals surface area contributed by atoms with Crippen molar-refractivity contribution >= 4 is 0 Å². The van der Waals surface area contributed by atoms with E-state index >= 15 is 0 Å². The average molecular weight is 181 g/mol. The van der Waals surface area contributed by atoms with E-state index in [1.807, 2.05) is 12.5 Å². The third kappa shape index (κ3) is 2.29. The Labute approximate surface area is 77.6 Å². The van der Waals surface area contributed by atoms with Crippen LogP contribution in [0.25, 0.3) is 0 Å². The Morgan fingerprint density at radius 3 is 3.15 bits per heavy atom. The fourth-order valence-electron chi connectivity index (χ4n) is 1.84. The van der Waals surface area contributed by atoms with Crippen LogP contribution >= 0.6 is 0 Å². The lowest BCUT2D eigenvalue weighted by molar-refractivity contribution is 0.108. The molecule has 2 unspecified atom stereocenters. The fourth-order valence-corrected chi connectivity index (χ4v) is 1.84. The molecule has 1 saturated heterocycles. The Bertz CT molecular complexity index is 247. The molecule has 13 heavy (non-hydrogen) atoms. The third-order valence-corrected chi connectivity index (χ3v) is 2.45. The fraction of sp³-hybridized carbons (Fsp3) is 0.667. The summed E-state index contributed by atoms with van der Waals surface area (Å²) in [4.78, 5) is 3.99. The normalized spacial score (nSPS) is 29.0. The monoisotopic (exact) mass is 181 g/mol. The maximum atomic E-state index is 9.42. The number of β-amino-alcohol motifs (C(OH)–C–C–N with tert-alkyl or cyclic N) is 1. The van der Waals surface area contributed by atoms with E-state index in [-0.39, 0.29) is 6.10 Å². The van der Waals surface area contributed by atoms with Crippen molar-refractivity contribution in [3.05, 3.63) is 18.7 Å². The van der Waals surface area contributed by atoms with Gasteiger partial charge in [0.25, 0.3) is 0 Å². The van der Waals surface area contributed by atoms with E-state index in [9.17, 15) is 5.11 Å². The molecule has 1 aliphatic heterocycles. The molecule has 1 fully saturated rings. The molecule has 2 atom stereocenters. The standard InChI is InChI=1S/C9H15N3O/c13-9-3-8(4-11-5-9)6-12-2-1-10-7-12/h1-2,7-9,11,13H,3-6H2. The second kappa shape index (κ2) is 3.89. The van der Waals surface area contributed by atoms with E-state index in [0.29, 0.717) is 5.92 Å². The summed E-state index contributed by atoms with van der Waals surface area (Å²) >= 11 is 0. The van der Waals surface area contributed by atoms with Crippen molar-refractivity contribution in [1.29, 1.82) is 0 Å². The van der Waals surface area contributed by atoms with Gasteiger partial charge in [0.1, 0.15) is 0 Å². The summed E-state index contributed by atoms with van der Waals surface area (Å²) in [6, 6.07) is 0. The first-order valence-corrected chi connectivity index (χ1v) is 4.69. The highest BCUT2D eigenvalue weighted by molar-refractivity contribution is 4.80. The molecule has 4 nitrogen and oxygen atoms in total. The minimum absolute atomic E-state index is 0.178. The lowest BCUT2D eigenvalue weighted by Gasteiger charge is -2.26. The molecule has 0 radical (unpaired) electrons. The zero-order valence-corrected chi connectivity index (χ0v) is 7.56. The molecule has 72 valence electrons. The van der Waals surface area contributed by atoms with Crippen LogP contribution in [-0.4, -0.2) is 33.9 Å². The Kier molecular flexibility index (Phi) is 2.61. The molecule has 2 rings (SSSR count). The number of aliphatic hydroxyl groups excluding tert-OH is 1. The van der Waals surface area contributed by atoms with Crippen molar-refractivity contribution in [1.82, 2.24) is 14.9 Å². The zero-order chi connectivity index (χ0) is 9.10. The van der Waals surface area contributed by atoms with Gasteiger partial charge in [0.05, 0.1) is 12.4 Å². The molecule has 1 aromatic heterocycles. The number of hydrogen-bond donors (Lipinski definition) is 2. The SMILES string of the molecule is OC1CNCC(Cn2ccnc2)C1. The van der Waals surface area contributed by atoms with Gasteiger partial charge in [0.2, 0.25) is 0 Å². The number of nitrogens with zero attached hydrogens (tertiary/aromatic N) is 2. The molecule has 0 aromatic carbocycles. The van der Waals surface area contributed by atoms with Gasteiger partial charge in [-0.3, -0.25) is 0 Å². The van der Waals surface area contributed by atoms with E-state index in [1.165, 1.54) is 0 Å². The third-order valence-electron chi connectivity index (χ3n) is 2.45. The number of hydrogen-bond acceptors (Lipinski definition) is 3. The Balaban J connectivity index is 1.87. The summed E-state index contributed by atoms with van der Waals surface area (Å²) < 4.78 is 2.06. The van der Waals surface area contributed by atoms with Crippen molar-refractivity contribution in [2.45, 2.75) is 19.1 Å². The van der Waals surface area contributed by atoms with Crippen molar-refractivity contribution in [3.8, 4) is 0 Å². The molecule has 0 aliphatic carbocycles. The molecule has 0 spiro atoms. The summed E-state index contributed by atoms with van der Waals surface area (Å²) in [6.07, 6.45) is 6.28. The van der Waals surface area contributed by atoms with Crippen LogP contribution in [0, 0.1) is 5.92 Å². The molecule has 0 bridgehead atoms. The molecule has 2 N–H and O–H groups in total. The molecule has 1 aliphatic rings. The Hall–Kier alpha value is -0.870. The lowest BCUT2D eigenvalue weighted by Crippen LogP contribution is -2.40. The van der Waals surface area contributed by atoms with Gasteiger partial charge >= 0.3 is 0 Å². The second-order valence-electron chi connectivity index (χ2n) is 3.67. The number of nitrogens with one attached hydrogen (secondary N) is 1. The topological polar surface area (TPSA) is 50.1 Å². The van der Waals surface area contributed by atoms with Gasteiger partial charge < -0.3 is 15.0 Å². The predicted octanol–water partition coefficient (Wildman–Crippen LogP) is -0.147. The van der Waals surface area contributed by atoms with Crippen LogP contribution in [0.3, 0.4) is 0 Å². The minimum atomic E-state index is -0.178. The number of imidazole rings is 1. The second-order valence-corrected chi connectivity index (χ2v) is 3.67. The Morgan fingerprint density at radius 2 is 2.46 bits per heavy atom. The quantitative estimate of drug-likeness (QED) is 0.667. The number of aromatic nitrogens is 2. The Morgan fingerprint density at radius 1 is 1.54 bits per heavy atom. The van der Waals surface area contributed by atoms with E-state index < -0.39 is 0 Å². The van der Waals surface area contributed by atoms with Crippen LogP contribution in [0.5, 0.6) is 0 Å². The highest BCUT2D eigenvalue weighted by atomic mass is 16.3. The molecule has 0 saturated carbocycles. The van der Waals surface area contributed by atoms with Gasteiger partial charge in [-0.2, -0.15) is 0 Å². The number of piperidine rings is 1. The summed E-state index contributed by atoms with van der Waals surface area (Å²) in [5, 5.41) is 12.6. The van der Waals surface area contributed by atoms with Gasteiger partial charge in [0.15, 0.2) is 0 Å². The highest BCUT2D eigenvalue weighted by Crippen LogP contribution is 2.12. The van der Waals surface area contributed by atoms with Crippen LogP contribution < -0.4 is 5.32 Å². The highest BCUT2D eigenvalue weighted by Gasteiger charge is 2.19. The van der Waals surface area contributed by atoms with E-state index in [2.05, 4.69) is 14.9 Å². The molecule has 2 heterocycles. The smallest absolute Gasteiger partial charge is 0.0946 e. The van der Waals surface area contributed by atoms with E-state index in [0.717, 1.165) is 26.1 Å².